The summed E-state index contributed by atoms with van der Waals surface area (Å²) in [4.78, 5) is 19.4. The molecule has 0 unspecified atom stereocenters. The van der Waals surface area contributed by atoms with Gasteiger partial charge in [-0.3, -0.25) is 4.98 Å². The Kier molecular flexibility index (Phi) is 7.40. The molecule has 3 heterocycles. The van der Waals surface area contributed by atoms with Gasteiger partial charge in [0.15, 0.2) is 17.5 Å². The van der Waals surface area contributed by atoms with Crippen molar-refractivity contribution < 1.29 is 4.42 Å². The number of furan rings is 1. The Labute approximate surface area is 305 Å². The van der Waals surface area contributed by atoms with Crippen molar-refractivity contribution in [2.75, 3.05) is 0 Å². The van der Waals surface area contributed by atoms with Crippen LogP contribution in [0, 0.1) is 0 Å². The summed E-state index contributed by atoms with van der Waals surface area (Å²) in [5.41, 5.74) is 11.0. The minimum atomic E-state index is 0.634. The fourth-order valence-electron chi connectivity index (χ4n) is 7.24. The molecule has 0 amide bonds. The molecule has 0 aliphatic heterocycles. The first-order valence-corrected chi connectivity index (χ1v) is 17.6. The maximum absolute atomic E-state index is 6.58. The number of fused-ring (bicyclic) bond motifs is 5. The number of pyridine rings is 1. The van der Waals surface area contributed by atoms with E-state index in [1.807, 2.05) is 91.1 Å². The van der Waals surface area contributed by atoms with Crippen LogP contribution in [0.4, 0.5) is 0 Å². The van der Waals surface area contributed by atoms with Crippen LogP contribution in [-0.4, -0.2) is 19.9 Å². The highest BCUT2D eigenvalue weighted by Crippen LogP contribution is 2.43. The van der Waals surface area contributed by atoms with E-state index < -0.39 is 0 Å². The molecule has 0 aliphatic carbocycles. The summed E-state index contributed by atoms with van der Waals surface area (Å²) in [6.45, 7) is 0. The molecular weight excluding hydrogens is 649 g/mol. The molecule has 53 heavy (non-hydrogen) atoms. The van der Waals surface area contributed by atoms with Gasteiger partial charge in [-0.15, -0.1) is 0 Å². The molecule has 0 atom stereocenters. The molecular formula is C48H30N4O. The molecule has 5 heteroatoms. The topological polar surface area (TPSA) is 64.7 Å². The van der Waals surface area contributed by atoms with Crippen molar-refractivity contribution in [3.05, 3.63) is 182 Å². The molecule has 0 N–H and O–H groups in total. The highest BCUT2D eigenvalue weighted by molar-refractivity contribution is 6.22. The van der Waals surface area contributed by atoms with Crippen LogP contribution >= 0.6 is 0 Å². The van der Waals surface area contributed by atoms with Crippen molar-refractivity contribution >= 4 is 32.7 Å². The molecule has 10 aromatic rings. The van der Waals surface area contributed by atoms with Gasteiger partial charge < -0.3 is 4.42 Å². The van der Waals surface area contributed by atoms with Gasteiger partial charge in [0.2, 0.25) is 0 Å². The standard InChI is InChI=1S/C48H30N4O/c1-3-13-32(14-4-1)46-50-47(33-15-5-2-6-16-33)52-48(51-46)34-26-24-31(25-27-34)35-17-11-18-36(29-35)40-30-41-44-39(42-22-9-10-28-49-42)21-12-23-43(44)53-45(41)38-20-8-7-19-37(38)40/h1-30H. The van der Waals surface area contributed by atoms with Gasteiger partial charge >= 0.3 is 0 Å². The second-order valence-corrected chi connectivity index (χ2v) is 13.0. The number of benzene rings is 7. The Hall–Kier alpha value is -7.24. The minimum absolute atomic E-state index is 0.634. The molecule has 0 radical (unpaired) electrons. The summed E-state index contributed by atoms with van der Waals surface area (Å²) in [7, 11) is 0. The molecule has 0 saturated heterocycles. The van der Waals surface area contributed by atoms with Gasteiger partial charge in [-0.2, -0.15) is 0 Å². The van der Waals surface area contributed by atoms with Gasteiger partial charge in [-0.25, -0.2) is 15.0 Å². The van der Waals surface area contributed by atoms with Crippen molar-refractivity contribution in [1.29, 1.82) is 0 Å². The molecule has 0 saturated carbocycles. The molecule has 0 bridgehead atoms. The number of hydrogen-bond acceptors (Lipinski definition) is 5. The predicted octanol–water partition coefficient (Wildman–Crippen LogP) is 12.3. The SMILES string of the molecule is c1ccc(-c2nc(-c3ccccc3)nc(-c3ccc(-c4cccc(-c5cc6c(oc7cccc(-c8ccccn8)c76)c6ccccc56)c4)cc3)n2)cc1. The monoisotopic (exact) mass is 678 g/mol. The van der Waals surface area contributed by atoms with Crippen molar-refractivity contribution in [1.82, 2.24) is 19.9 Å². The molecule has 5 nitrogen and oxygen atoms in total. The lowest BCUT2D eigenvalue weighted by Gasteiger charge is -2.11. The summed E-state index contributed by atoms with van der Waals surface area (Å²) < 4.78 is 6.58. The number of hydrogen-bond donors (Lipinski definition) is 0. The van der Waals surface area contributed by atoms with Gasteiger partial charge in [-0.05, 0) is 58.0 Å². The van der Waals surface area contributed by atoms with Gasteiger partial charge in [0.25, 0.3) is 0 Å². The molecule has 7 aromatic carbocycles. The Balaban J connectivity index is 1.07. The zero-order valence-corrected chi connectivity index (χ0v) is 28.5. The highest BCUT2D eigenvalue weighted by atomic mass is 16.3. The largest absolute Gasteiger partial charge is 0.455 e. The second-order valence-electron chi connectivity index (χ2n) is 13.0. The minimum Gasteiger partial charge on any atom is -0.455 e. The molecule has 0 aliphatic rings. The van der Waals surface area contributed by atoms with E-state index in [2.05, 4.69) is 96.0 Å². The molecule has 0 fully saturated rings. The maximum Gasteiger partial charge on any atom is 0.164 e. The normalized spacial score (nSPS) is 11.4. The average molecular weight is 679 g/mol. The first-order chi connectivity index (χ1) is 26.3. The van der Waals surface area contributed by atoms with Crippen LogP contribution in [0.2, 0.25) is 0 Å². The Morgan fingerprint density at radius 3 is 1.60 bits per heavy atom. The van der Waals surface area contributed by atoms with E-state index in [1.54, 1.807) is 0 Å². The van der Waals surface area contributed by atoms with E-state index in [1.165, 1.54) is 0 Å². The Morgan fingerprint density at radius 2 is 0.925 bits per heavy atom. The van der Waals surface area contributed by atoms with E-state index in [9.17, 15) is 0 Å². The van der Waals surface area contributed by atoms with E-state index in [0.717, 1.165) is 82.9 Å². The summed E-state index contributed by atoms with van der Waals surface area (Å²) in [6.07, 6.45) is 1.84. The third-order valence-corrected chi connectivity index (χ3v) is 9.79. The predicted molar refractivity (Wildman–Crippen MR) is 215 cm³/mol. The zero-order valence-electron chi connectivity index (χ0n) is 28.5. The highest BCUT2D eigenvalue weighted by Gasteiger charge is 2.19. The molecule has 0 spiro atoms. The number of aromatic nitrogens is 4. The summed E-state index contributed by atoms with van der Waals surface area (Å²) in [6, 6.07) is 60.4. The van der Waals surface area contributed by atoms with Crippen LogP contribution in [-0.2, 0) is 0 Å². The van der Waals surface area contributed by atoms with E-state index in [0.29, 0.717) is 17.5 Å². The maximum atomic E-state index is 6.58. The summed E-state index contributed by atoms with van der Waals surface area (Å²) in [5, 5.41) is 4.38. The first kappa shape index (κ1) is 30.6. The van der Waals surface area contributed by atoms with Gasteiger partial charge in [0, 0.05) is 44.6 Å². The van der Waals surface area contributed by atoms with Crippen molar-refractivity contribution in [3.63, 3.8) is 0 Å². The summed E-state index contributed by atoms with van der Waals surface area (Å²) >= 11 is 0. The van der Waals surface area contributed by atoms with E-state index >= 15 is 0 Å². The lowest BCUT2D eigenvalue weighted by Crippen LogP contribution is -2.00. The van der Waals surface area contributed by atoms with Crippen LogP contribution in [0.3, 0.4) is 0 Å². The van der Waals surface area contributed by atoms with Crippen molar-refractivity contribution in [2.24, 2.45) is 0 Å². The van der Waals surface area contributed by atoms with Crippen LogP contribution < -0.4 is 0 Å². The Morgan fingerprint density at radius 1 is 0.358 bits per heavy atom. The first-order valence-electron chi connectivity index (χ1n) is 17.6. The Bertz CT molecular complexity index is 2860. The van der Waals surface area contributed by atoms with Crippen molar-refractivity contribution in [3.8, 4) is 67.7 Å². The zero-order chi connectivity index (χ0) is 35.1. The fraction of sp³-hybridized carbons (Fsp3) is 0. The van der Waals surface area contributed by atoms with Gasteiger partial charge in [0.05, 0.1) is 5.69 Å². The molecule has 3 aromatic heterocycles. The lowest BCUT2D eigenvalue weighted by atomic mass is 9.92. The van der Waals surface area contributed by atoms with Crippen LogP contribution in [0.1, 0.15) is 0 Å². The lowest BCUT2D eigenvalue weighted by molar-refractivity contribution is 0.673. The average Bonchev–Trinajstić information content (AvgIpc) is 3.63. The van der Waals surface area contributed by atoms with Crippen LogP contribution in [0.5, 0.6) is 0 Å². The number of nitrogens with zero attached hydrogens (tertiary/aromatic N) is 4. The smallest absolute Gasteiger partial charge is 0.164 e. The second kappa shape index (κ2) is 12.8. The van der Waals surface area contributed by atoms with E-state index in [4.69, 9.17) is 19.4 Å². The fourth-order valence-corrected chi connectivity index (χ4v) is 7.24. The van der Waals surface area contributed by atoms with Crippen LogP contribution in [0.25, 0.3) is 100 Å². The van der Waals surface area contributed by atoms with E-state index in [-0.39, 0.29) is 0 Å². The summed E-state index contributed by atoms with van der Waals surface area (Å²) in [5.74, 6) is 1.93. The quantitative estimate of drug-likeness (QED) is 0.175. The molecule has 248 valence electrons. The van der Waals surface area contributed by atoms with Crippen molar-refractivity contribution in [2.45, 2.75) is 0 Å². The van der Waals surface area contributed by atoms with Gasteiger partial charge in [0.1, 0.15) is 11.2 Å². The third-order valence-electron chi connectivity index (χ3n) is 9.79. The van der Waals surface area contributed by atoms with Gasteiger partial charge in [-0.1, -0.05) is 146 Å². The third kappa shape index (κ3) is 5.52. The molecule has 10 rings (SSSR count). The number of rotatable bonds is 6. The van der Waals surface area contributed by atoms with Crippen LogP contribution in [0.15, 0.2) is 187 Å².